The van der Waals surface area contributed by atoms with Crippen molar-refractivity contribution in [3.63, 3.8) is 0 Å². The first-order chi connectivity index (χ1) is 8.60. The summed E-state index contributed by atoms with van der Waals surface area (Å²) in [6, 6.07) is 0.818. The molecule has 0 spiro atoms. The molecule has 0 radical (unpaired) electrons. The van der Waals surface area contributed by atoms with Crippen LogP contribution in [0.4, 0.5) is 0 Å². The Kier molecular flexibility index (Phi) is 8.96. The third-order valence-corrected chi connectivity index (χ3v) is 6.99. The van der Waals surface area contributed by atoms with E-state index in [4.69, 9.17) is 13.6 Å². The van der Waals surface area contributed by atoms with Crippen molar-refractivity contribution in [2.45, 2.75) is 51.3 Å². The van der Waals surface area contributed by atoms with Gasteiger partial charge in [0.05, 0.1) is 0 Å². The number of ether oxygens (including phenoxy) is 1. The van der Waals surface area contributed by atoms with Gasteiger partial charge in [-0.1, -0.05) is 39.7 Å². The van der Waals surface area contributed by atoms with Gasteiger partial charge in [0.25, 0.3) is 0 Å². The van der Waals surface area contributed by atoms with Gasteiger partial charge in [0.2, 0.25) is 0 Å². The van der Waals surface area contributed by atoms with Crippen LogP contribution >= 0.6 is 0 Å². The fourth-order valence-corrected chi connectivity index (χ4v) is 5.07. The number of rotatable bonds is 10. The highest BCUT2D eigenvalue weighted by Gasteiger charge is 2.46. The number of carbonyl (C=O) groups is 1. The summed E-state index contributed by atoms with van der Waals surface area (Å²) < 4.78 is 16.7. The molecule has 106 valence electrons. The SMILES string of the molecule is C=CC(=O)OC(CCCC)[Si](CCC)(OC)OC. The molecule has 0 aromatic rings. The van der Waals surface area contributed by atoms with Crippen LogP contribution in [0, 0.1) is 0 Å². The largest absolute Gasteiger partial charge is 0.457 e. The van der Waals surface area contributed by atoms with Crippen LogP contribution in [0.1, 0.15) is 39.5 Å². The highest BCUT2D eigenvalue weighted by molar-refractivity contribution is 6.68. The van der Waals surface area contributed by atoms with Gasteiger partial charge in [-0.3, -0.25) is 0 Å². The average Bonchev–Trinajstić information content (AvgIpc) is 2.40. The molecule has 1 unspecified atom stereocenters. The Balaban J connectivity index is 4.94. The van der Waals surface area contributed by atoms with Crippen molar-refractivity contribution in [2.75, 3.05) is 14.2 Å². The van der Waals surface area contributed by atoms with Crippen molar-refractivity contribution >= 4 is 14.5 Å². The minimum atomic E-state index is -2.48. The Morgan fingerprint density at radius 2 is 1.89 bits per heavy atom. The van der Waals surface area contributed by atoms with E-state index < -0.39 is 14.5 Å². The number of hydrogen-bond acceptors (Lipinski definition) is 4. The topological polar surface area (TPSA) is 44.8 Å². The van der Waals surface area contributed by atoms with Gasteiger partial charge in [0.1, 0.15) is 5.73 Å². The lowest BCUT2D eigenvalue weighted by atomic mass is 10.3. The molecule has 0 N–H and O–H groups in total. The van der Waals surface area contributed by atoms with Crippen LogP contribution in [-0.4, -0.2) is 34.5 Å². The standard InChI is InChI=1S/C13H26O4Si/c1-6-9-10-13(17-12(14)8-3)18(15-4,16-5)11-7-2/h8,13H,3,6-7,9-11H2,1-2,4-5H3. The molecule has 0 fully saturated rings. The first kappa shape index (κ1) is 17.3. The molecule has 5 heteroatoms. The van der Waals surface area contributed by atoms with E-state index >= 15 is 0 Å². The quantitative estimate of drug-likeness (QED) is 0.349. The van der Waals surface area contributed by atoms with Gasteiger partial charge in [0, 0.05) is 20.3 Å². The number of carbonyl (C=O) groups excluding carboxylic acids is 1. The van der Waals surface area contributed by atoms with E-state index in [0.29, 0.717) is 0 Å². The van der Waals surface area contributed by atoms with Gasteiger partial charge in [-0.05, 0) is 12.5 Å². The van der Waals surface area contributed by atoms with Crippen molar-refractivity contribution in [1.29, 1.82) is 0 Å². The van der Waals surface area contributed by atoms with Crippen LogP contribution in [0.3, 0.4) is 0 Å². The highest BCUT2D eigenvalue weighted by atomic mass is 28.4. The van der Waals surface area contributed by atoms with E-state index in [1.165, 1.54) is 6.08 Å². The van der Waals surface area contributed by atoms with Crippen LogP contribution in [0.15, 0.2) is 12.7 Å². The summed E-state index contributed by atoms with van der Waals surface area (Å²) in [7, 11) is 0.810. The molecule has 1 atom stereocenters. The summed E-state index contributed by atoms with van der Waals surface area (Å²) in [6.07, 6.45) is 4.95. The molecule has 0 bridgehead atoms. The molecule has 0 saturated carbocycles. The van der Waals surface area contributed by atoms with E-state index in [0.717, 1.165) is 31.7 Å². The summed E-state index contributed by atoms with van der Waals surface area (Å²) >= 11 is 0. The molecular formula is C13H26O4Si. The Labute approximate surface area is 112 Å². The molecule has 0 aliphatic carbocycles. The summed E-state index contributed by atoms with van der Waals surface area (Å²) in [5.74, 6) is -0.404. The Bertz CT molecular complexity index is 251. The van der Waals surface area contributed by atoms with Gasteiger partial charge in [-0.15, -0.1) is 0 Å². The van der Waals surface area contributed by atoms with Crippen molar-refractivity contribution in [3.05, 3.63) is 12.7 Å². The lowest BCUT2D eigenvalue weighted by Gasteiger charge is -2.34. The highest BCUT2D eigenvalue weighted by Crippen LogP contribution is 2.25. The van der Waals surface area contributed by atoms with Gasteiger partial charge >= 0.3 is 14.5 Å². The number of unbranched alkanes of at least 4 members (excludes halogenated alkanes) is 1. The summed E-state index contributed by atoms with van der Waals surface area (Å²) in [4.78, 5) is 11.4. The lowest BCUT2D eigenvalue weighted by molar-refractivity contribution is -0.141. The van der Waals surface area contributed by atoms with Gasteiger partial charge in [-0.2, -0.15) is 0 Å². The minimum absolute atomic E-state index is 0.266. The molecule has 0 aromatic heterocycles. The van der Waals surface area contributed by atoms with Crippen molar-refractivity contribution in [3.8, 4) is 0 Å². The molecule has 0 amide bonds. The normalized spacial score (nSPS) is 13.1. The molecule has 0 heterocycles. The Hall–Kier alpha value is -0.653. The first-order valence-corrected chi connectivity index (χ1v) is 8.63. The average molecular weight is 274 g/mol. The second-order valence-corrected chi connectivity index (χ2v) is 7.83. The first-order valence-electron chi connectivity index (χ1n) is 6.53. The van der Waals surface area contributed by atoms with Crippen LogP contribution in [0.25, 0.3) is 0 Å². The van der Waals surface area contributed by atoms with Crippen molar-refractivity contribution in [1.82, 2.24) is 0 Å². The van der Waals surface area contributed by atoms with E-state index in [2.05, 4.69) is 20.4 Å². The number of esters is 1. The Morgan fingerprint density at radius 1 is 1.28 bits per heavy atom. The molecule has 0 rings (SSSR count). The second kappa shape index (κ2) is 9.30. The smallest absolute Gasteiger partial charge is 0.379 e. The minimum Gasteiger partial charge on any atom is -0.457 e. The zero-order chi connectivity index (χ0) is 14.0. The van der Waals surface area contributed by atoms with Crippen LogP contribution in [0.2, 0.25) is 6.04 Å². The maximum atomic E-state index is 11.4. The summed E-state index contributed by atoms with van der Waals surface area (Å²) in [5.41, 5.74) is -0.266. The number of hydrogen-bond donors (Lipinski definition) is 0. The molecule has 0 aliphatic rings. The molecule has 0 aromatic carbocycles. The van der Waals surface area contributed by atoms with E-state index in [-0.39, 0.29) is 5.73 Å². The Morgan fingerprint density at radius 3 is 2.28 bits per heavy atom. The molecule has 18 heavy (non-hydrogen) atoms. The zero-order valence-electron chi connectivity index (χ0n) is 12.0. The van der Waals surface area contributed by atoms with E-state index in [1.807, 2.05) is 0 Å². The van der Waals surface area contributed by atoms with E-state index in [1.54, 1.807) is 14.2 Å². The van der Waals surface area contributed by atoms with Crippen LogP contribution in [-0.2, 0) is 18.4 Å². The predicted molar refractivity (Wildman–Crippen MR) is 74.5 cm³/mol. The van der Waals surface area contributed by atoms with Crippen LogP contribution in [0.5, 0.6) is 0 Å². The zero-order valence-corrected chi connectivity index (χ0v) is 13.0. The van der Waals surface area contributed by atoms with Gasteiger partial charge in [0.15, 0.2) is 0 Å². The molecule has 0 aliphatic heterocycles. The third kappa shape index (κ3) is 4.92. The maximum absolute atomic E-state index is 11.4. The fourth-order valence-electron chi connectivity index (χ4n) is 2.01. The van der Waals surface area contributed by atoms with Crippen LogP contribution < -0.4 is 0 Å². The second-order valence-electron chi connectivity index (χ2n) is 4.24. The fraction of sp³-hybridized carbons (Fsp3) is 0.769. The van der Waals surface area contributed by atoms with E-state index in [9.17, 15) is 4.79 Å². The van der Waals surface area contributed by atoms with Gasteiger partial charge in [-0.25, -0.2) is 4.79 Å². The monoisotopic (exact) mass is 274 g/mol. The molecule has 0 saturated heterocycles. The van der Waals surface area contributed by atoms with Gasteiger partial charge < -0.3 is 13.6 Å². The van der Waals surface area contributed by atoms with Crippen molar-refractivity contribution in [2.24, 2.45) is 0 Å². The molecule has 4 nitrogen and oxygen atoms in total. The maximum Gasteiger partial charge on any atom is 0.379 e. The lowest BCUT2D eigenvalue weighted by Crippen LogP contribution is -2.53. The molecular weight excluding hydrogens is 248 g/mol. The summed E-state index contributed by atoms with van der Waals surface area (Å²) in [6.45, 7) is 7.61. The van der Waals surface area contributed by atoms with Crippen molar-refractivity contribution < 1.29 is 18.4 Å². The summed E-state index contributed by atoms with van der Waals surface area (Å²) in [5, 5.41) is 0. The third-order valence-electron chi connectivity index (χ3n) is 3.03. The predicted octanol–water partition coefficient (Wildman–Crippen LogP) is 2.96.